The largest absolute Gasteiger partial charge is 0.317 e. The zero-order valence-corrected chi connectivity index (χ0v) is 8.15. The van der Waals surface area contributed by atoms with Gasteiger partial charge >= 0.3 is 0 Å². The average Bonchev–Trinajstić information content (AvgIpc) is 2.08. The minimum atomic E-state index is -2.80. The third-order valence-corrected chi connectivity index (χ3v) is 2.29. The van der Waals surface area contributed by atoms with Crippen LogP contribution in [0.2, 0.25) is 5.02 Å². The van der Waals surface area contributed by atoms with Crippen LogP contribution in [0, 0.1) is 5.82 Å². The van der Waals surface area contributed by atoms with Crippen molar-refractivity contribution in [1.82, 2.24) is 0 Å². The molecule has 1 unspecified atom stereocenters. The maximum atomic E-state index is 12.8. The van der Waals surface area contributed by atoms with Crippen LogP contribution in [0.15, 0.2) is 18.2 Å². The second kappa shape index (κ2) is 3.79. The molecule has 2 N–H and O–H groups in total. The quantitative estimate of drug-likeness (QED) is 0.820. The number of benzene rings is 1. The Labute approximate surface area is 84.7 Å². The molecule has 0 amide bonds. The number of alkyl halides is 2. The molecule has 1 nitrogen and oxygen atoms in total. The van der Waals surface area contributed by atoms with Crippen LogP contribution < -0.4 is 5.73 Å². The summed E-state index contributed by atoms with van der Waals surface area (Å²) in [4.78, 5) is 0. The number of hydrogen-bond acceptors (Lipinski definition) is 1. The Morgan fingerprint density at radius 1 is 1.43 bits per heavy atom. The summed E-state index contributed by atoms with van der Waals surface area (Å²) in [6.45, 7) is 1.11. The van der Waals surface area contributed by atoms with Crippen molar-refractivity contribution in [2.75, 3.05) is 0 Å². The van der Waals surface area contributed by atoms with Gasteiger partial charge in [-0.2, -0.15) is 0 Å². The summed E-state index contributed by atoms with van der Waals surface area (Å²) in [7, 11) is 0. The highest BCUT2D eigenvalue weighted by atomic mass is 35.5. The molecule has 1 rings (SSSR count). The first-order valence-electron chi connectivity index (χ1n) is 3.88. The fourth-order valence-corrected chi connectivity index (χ4v) is 1.35. The first kappa shape index (κ1) is 11.3. The molecule has 5 heteroatoms. The van der Waals surface area contributed by atoms with Crippen LogP contribution in [0.25, 0.3) is 0 Å². The predicted octanol–water partition coefficient (Wildman–Crippen LogP) is 2.92. The van der Waals surface area contributed by atoms with Crippen LogP contribution in [0.4, 0.5) is 13.2 Å². The van der Waals surface area contributed by atoms with Gasteiger partial charge in [0.2, 0.25) is 0 Å². The van der Waals surface area contributed by atoms with Gasteiger partial charge in [0, 0.05) is 5.02 Å². The smallest absolute Gasteiger partial charge is 0.260 e. The molecule has 0 aliphatic rings. The lowest BCUT2D eigenvalue weighted by Gasteiger charge is -2.25. The van der Waals surface area contributed by atoms with Gasteiger partial charge in [0.05, 0.1) is 0 Å². The molecule has 0 aromatic heterocycles. The van der Waals surface area contributed by atoms with Crippen molar-refractivity contribution >= 4 is 11.6 Å². The summed E-state index contributed by atoms with van der Waals surface area (Å²) in [6.07, 6.45) is -2.80. The molecule has 14 heavy (non-hydrogen) atoms. The highest BCUT2D eigenvalue weighted by Gasteiger charge is 2.34. The van der Waals surface area contributed by atoms with E-state index in [1.165, 1.54) is 6.07 Å². The molecule has 1 atom stereocenters. The Hall–Kier alpha value is -0.740. The van der Waals surface area contributed by atoms with E-state index in [-0.39, 0.29) is 10.6 Å². The van der Waals surface area contributed by atoms with Crippen LogP contribution in [-0.4, -0.2) is 6.43 Å². The van der Waals surface area contributed by atoms with E-state index < -0.39 is 17.8 Å². The number of nitrogens with two attached hydrogens (primary N) is 1. The first-order valence-corrected chi connectivity index (χ1v) is 4.26. The van der Waals surface area contributed by atoms with Gasteiger partial charge in [-0.25, -0.2) is 13.2 Å². The van der Waals surface area contributed by atoms with E-state index in [1.807, 2.05) is 0 Å². The SMILES string of the molecule is CC(N)(c1cc(F)ccc1Cl)C(F)F. The highest BCUT2D eigenvalue weighted by molar-refractivity contribution is 6.31. The lowest BCUT2D eigenvalue weighted by molar-refractivity contribution is 0.0624. The Morgan fingerprint density at radius 2 is 2.00 bits per heavy atom. The Balaban J connectivity index is 3.24. The van der Waals surface area contributed by atoms with Crippen molar-refractivity contribution in [2.45, 2.75) is 18.9 Å². The van der Waals surface area contributed by atoms with Crippen LogP contribution in [0.3, 0.4) is 0 Å². The molecule has 78 valence electrons. The molecule has 0 spiro atoms. The number of hydrogen-bond donors (Lipinski definition) is 1. The summed E-state index contributed by atoms with van der Waals surface area (Å²) < 4.78 is 37.8. The fourth-order valence-electron chi connectivity index (χ4n) is 1.03. The summed E-state index contributed by atoms with van der Waals surface area (Å²) in [5.41, 5.74) is 3.33. The van der Waals surface area contributed by atoms with Gasteiger partial charge in [-0.1, -0.05) is 11.6 Å². The third kappa shape index (κ3) is 2.01. The lowest BCUT2D eigenvalue weighted by Crippen LogP contribution is -2.40. The predicted molar refractivity (Wildman–Crippen MR) is 49.0 cm³/mol. The minimum Gasteiger partial charge on any atom is -0.317 e. The molecule has 0 aliphatic heterocycles. The van der Waals surface area contributed by atoms with E-state index in [1.54, 1.807) is 0 Å². The van der Waals surface area contributed by atoms with E-state index in [2.05, 4.69) is 0 Å². The van der Waals surface area contributed by atoms with Crippen molar-refractivity contribution in [2.24, 2.45) is 5.73 Å². The van der Waals surface area contributed by atoms with Crippen molar-refractivity contribution in [1.29, 1.82) is 0 Å². The Kier molecular flexibility index (Phi) is 3.07. The molecule has 0 bridgehead atoms. The van der Waals surface area contributed by atoms with Gasteiger partial charge in [0.1, 0.15) is 11.4 Å². The maximum absolute atomic E-state index is 12.8. The molecule has 0 saturated heterocycles. The summed E-state index contributed by atoms with van der Waals surface area (Å²) in [5, 5.41) is 0.0386. The average molecular weight is 224 g/mol. The monoisotopic (exact) mass is 223 g/mol. The van der Waals surface area contributed by atoms with Crippen molar-refractivity contribution in [3.05, 3.63) is 34.6 Å². The number of halogens is 4. The van der Waals surface area contributed by atoms with E-state index in [9.17, 15) is 13.2 Å². The normalized spacial score (nSPS) is 15.6. The zero-order valence-electron chi connectivity index (χ0n) is 7.40. The molecule has 1 aromatic rings. The molecule has 0 heterocycles. The Morgan fingerprint density at radius 3 is 2.50 bits per heavy atom. The van der Waals surface area contributed by atoms with E-state index in [0.717, 1.165) is 19.1 Å². The highest BCUT2D eigenvalue weighted by Crippen LogP contribution is 2.31. The van der Waals surface area contributed by atoms with Crippen molar-refractivity contribution < 1.29 is 13.2 Å². The number of rotatable bonds is 2. The molecule has 0 aliphatic carbocycles. The molecule has 0 fully saturated rings. The van der Waals surface area contributed by atoms with Gasteiger partial charge in [0.25, 0.3) is 6.43 Å². The van der Waals surface area contributed by atoms with Gasteiger partial charge in [-0.15, -0.1) is 0 Å². The van der Waals surface area contributed by atoms with E-state index in [4.69, 9.17) is 17.3 Å². The van der Waals surface area contributed by atoms with Crippen LogP contribution in [0.1, 0.15) is 12.5 Å². The minimum absolute atomic E-state index is 0.0386. The van der Waals surface area contributed by atoms with Gasteiger partial charge < -0.3 is 5.73 Å². The fraction of sp³-hybridized carbons (Fsp3) is 0.333. The standard InChI is InChI=1S/C9H9ClF3N/c1-9(14,8(12)13)6-4-5(11)2-3-7(6)10/h2-4,8H,14H2,1H3. The summed E-state index contributed by atoms with van der Waals surface area (Å²) in [5.74, 6) is -0.637. The molecule has 1 aromatic carbocycles. The summed E-state index contributed by atoms with van der Waals surface area (Å²) >= 11 is 5.64. The molecule has 0 radical (unpaired) electrons. The van der Waals surface area contributed by atoms with E-state index in [0.29, 0.717) is 0 Å². The second-order valence-corrected chi connectivity index (χ2v) is 3.61. The molecular weight excluding hydrogens is 215 g/mol. The second-order valence-electron chi connectivity index (χ2n) is 3.21. The van der Waals surface area contributed by atoms with Crippen LogP contribution >= 0.6 is 11.6 Å². The van der Waals surface area contributed by atoms with E-state index >= 15 is 0 Å². The zero-order chi connectivity index (χ0) is 10.9. The third-order valence-electron chi connectivity index (χ3n) is 1.96. The van der Waals surface area contributed by atoms with Crippen LogP contribution in [-0.2, 0) is 5.54 Å². The van der Waals surface area contributed by atoms with Gasteiger partial charge in [-0.05, 0) is 30.7 Å². The molecular formula is C9H9ClF3N. The van der Waals surface area contributed by atoms with Crippen LogP contribution in [0.5, 0.6) is 0 Å². The van der Waals surface area contributed by atoms with Gasteiger partial charge in [-0.3, -0.25) is 0 Å². The topological polar surface area (TPSA) is 26.0 Å². The lowest BCUT2D eigenvalue weighted by atomic mass is 9.93. The maximum Gasteiger partial charge on any atom is 0.260 e. The molecule has 0 saturated carbocycles. The Bertz CT molecular complexity index is 339. The summed E-state index contributed by atoms with van der Waals surface area (Å²) in [6, 6.07) is 3.22. The van der Waals surface area contributed by atoms with Crippen molar-refractivity contribution in [3.63, 3.8) is 0 Å². The van der Waals surface area contributed by atoms with Gasteiger partial charge in [0.15, 0.2) is 0 Å². The van der Waals surface area contributed by atoms with Crippen molar-refractivity contribution in [3.8, 4) is 0 Å². The first-order chi connectivity index (χ1) is 6.35.